The fourth-order valence-corrected chi connectivity index (χ4v) is 4.89. The number of ether oxygens (including phenoxy) is 1. The first-order valence-electron chi connectivity index (χ1n) is 12.4. The molecule has 3 aliphatic heterocycles. The van der Waals surface area contributed by atoms with Crippen molar-refractivity contribution in [1.29, 1.82) is 5.26 Å². The number of nitrogens with one attached hydrogen (secondary N) is 2. The topological polar surface area (TPSA) is 110 Å². The van der Waals surface area contributed by atoms with Crippen molar-refractivity contribution in [2.24, 2.45) is 7.05 Å². The number of rotatable bonds is 6. The summed E-state index contributed by atoms with van der Waals surface area (Å²) in [6.07, 6.45) is 11.6. The lowest BCUT2D eigenvalue weighted by Gasteiger charge is -2.35. The molecule has 1 fully saturated rings. The largest absolute Gasteiger partial charge is 0.481 e. The number of aryl methyl sites for hydroxylation is 1. The van der Waals surface area contributed by atoms with Crippen LogP contribution in [-0.2, 0) is 13.6 Å². The van der Waals surface area contributed by atoms with Gasteiger partial charge in [-0.05, 0) is 23.8 Å². The van der Waals surface area contributed by atoms with Crippen molar-refractivity contribution in [3.8, 4) is 11.9 Å². The molecule has 3 aromatic heterocycles. The number of anilines is 1. The number of hydrazine groups is 2. The molecular weight excluding hydrogens is 480 g/mol. The number of allylic oxidation sites excluding steroid dienone is 4. The van der Waals surface area contributed by atoms with E-state index in [1.165, 1.54) is 5.56 Å². The molecule has 0 saturated carbocycles. The molecule has 0 radical (unpaired) electrons. The van der Waals surface area contributed by atoms with Crippen LogP contribution in [0.1, 0.15) is 16.7 Å². The van der Waals surface area contributed by atoms with Crippen LogP contribution in [0.15, 0.2) is 72.7 Å². The summed E-state index contributed by atoms with van der Waals surface area (Å²) in [5.74, 6) is 1.59. The average Bonchev–Trinajstić information content (AvgIpc) is 3.59. The highest BCUT2D eigenvalue weighted by Gasteiger charge is 2.29. The monoisotopic (exact) mass is 508 g/mol. The average molecular weight is 509 g/mol. The second-order valence-electron chi connectivity index (χ2n) is 9.36. The third kappa shape index (κ3) is 4.58. The third-order valence-electron chi connectivity index (χ3n) is 6.92. The van der Waals surface area contributed by atoms with E-state index in [-0.39, 0.29) is 0 Å². The van der Waals surface area contributed by atoms with Crippen LogP contribution in [-0.4, -0.2) is 62.9 Å². The molecule has 0 amide bonds. The van der Waals surface area contributed by atoms with E-state index < -0.39 is 0 Å². The van der Waals surface area contributed by atoms with E-state index in [1.54, 1.807) is 11.8 Å². The smallest absolute Gasteiger partial charge is 0.212 e. The normalized spacial score (nSPS) is 17.5. The second kappa shape index (κ2) is 10.0. The van der Waals surface area contributed by atoms with Gasteiger partial charge in [-0.3, -0.25) is 20.0 Å². The Labute approximate surface area is 220 Å². The Hall–Kier alpha value is -4.66. The van der Waals surface area contributed by atoms with E-state index in [0.29, 0.717) is 11.6 Å². The maximum absolute atomic E-state index is 9.67. The number of nitriles is 1. The molecule has 6 rings (SSSR count). The van der Waals surface area contributed by atoms with Crippen molar-refractivity contribution in [2.75, 3.05) is 38.2 Å². The third-order valence-corrected chi connectivity index (χ3v) is 6.92. The summed E-state index contributed by atoms with van der Waals surface area (Å²) in [6, 6.07) is 10.4. The zero-order chi connectivity index (χ0) is 26.1. The molecule has 3 aromatic rings. The van der Waals surface area contributed by atoms with Gasteiger partial charge in [-0.2, -0.15) is 10.4 Å². The van der Waals surface area contributed by atoms with Crippen LogP contribution in [0.3, 0.4) is 0 Å². The lowest BCUT2D eigenvalue weighted by atomic mass is 9.95. The SMILES string of the molecule is COc1ccc(CN2CCN(c3ccc(C4=CC(c5cnn(C)c5)=CN5NNC(C#N)=C45)cn3)CC2)cn1. The van der Waals surface area contributed by atoms with Crippen LogP contribution in [0, 0.1) is 11.3 Å². The van der Waals surface area contributed by atoms with Gasteiger partial charge in [0.25, 0.3) is 0 Å². The minimum Gasteiger partial charge on any atom is -0.481 e. The summed E-state index contributed by atoms with van der Waals surface area (Å²) >= 11 is 0. The molecule has 6 heterocycles. The first kappa shape index (κ1) is 23.7. The molecule has 1 saturated heterocycles. The Balaban J connectivity index is 1.17. The first-order valence-corrected chi connectivity index (χ1v) is 12.4. The molecule has 192 valence electrons. The van der Waals surface area contributed by atoms with Crippen molar-refractivity contribution in [3.05, 3.63) is 89.4 Å². The van der Waals surface area contributed by atoms with Crippen LogP contribution < -0.4 is 20.6 Å². The Kier molecular flexibility index (Phi) is 6.25. The summed E-state index contributed by atoms with van der Waals surface area (Å²) in [4.78, 5) is 13.9. The maximum Gasteiger partial charge on any atom is 0.212 e. The Morgan fingerprint density at radius 2 is 1.89 bits per heavy atom. The number of fused-ring (bicyclic) bond motifs is 1. The highest BCUT2D eigenvalue weighted by molar-refractivity contribution is 5.93. The summed E-state index contributed by atoms with van der Waals surface area (Å²) in [7, 11) is 3.52. The summed E-state index contributed by atoms with van der Waals surface area (Å²) in [5, 5.41) is 15.8. The number of aromatic nitrogens is 4. The van der Waals surface area contributed by atoms with E-state index in [0.717, 1.165) is 66.5 Å². The van der Waals surface area contributed by atoms with Gasteiger partial charge in [0.1, 0.15) is 17.6 Å². The first-order chi connectivity index (χ1) is 18.6. The van der Waals surface area contributed by atoms with Gasteiger partial charge in [-0.25, -0.2) is 9.97 Å². The van der Waals surface area contributed by atoms with Crippen molar-refractivity contribution in [1.82, 2.24) is 40.6 Å². The summed E-state index contributed by atoms with van der Waals surface area (Å²) in [6.45, 7) is 4.57. The van der Waals surface area contributed by atoms with E-state index in [1.807, 2.05) is 49.1 Å². The molecule has 3 aliphatic rings. The van der Waals surface area contributed by atoms with Crippen LogP contribution in [0.25, 0.3) is 11.1 Å². The second-order valence-corrected chi connectivity index (χ2v) is 9.36. The number of nitrogens with zero attached hydrogens (tertiary/aromatic N) is 8. The van der Waals surface area contributed by atoms with E-state index in [2.05, 4.69) is 61.2 Å². The molecule has 11 heteroatoms. The lowest BCUT2D eigenvalue weighted by Crippen LogP contribution is -2.46. The predicted molar refractivity (Wildman–Crippen MR) is 142 cm³/mol. The molecule has 0 aromatic carbocycles. The minimum absolute atomic E-state index is 0.463. The van der Waals surface area contributed by atoms with Gasteiger partial charge in [-0.15, -0.1) is 5.53 Å². The Morgan fingerprint density at radius 3 is 2.55 bits per heavy atom. The number of hydrogen-bond acceptors (Lipinski definition) is 10. The quantitative estimate of drug-likeness (QED) is 0.513. The minimum atomic E-state index is 0.463. The number of pyridine rings is 2. The van der Waals surface area contributed by atoms with E-state index >= 15 is 0 Å². The molecule has 0 bridgehead atoms. The molecule has 2 N–H and O–H groups in total. The predicted octanol–water partition coefficient (Wildman–Crippen LogP) is 2.04. The van der Waals surface area contributed by atoms with Crippen molar-refractivity contribution < 1.29 is 4.74 Å². The van der Waals surface area contributed by atoms with Gasteiger partial charge in [0.05, 0.1) is 13.3 Å². The summed E-state index contributed by atoms with van der Waals surface area (Å²) < 4.78 is 6.93. The highest BCUT2D eigenvalue weighted by Crippen LogP contribution is 2.37. The number of piperazine rings is 1. The van der Waals surface area contributed by atoms with E-state index in [9.17, 15) is 5.26 Å². The fourth-order valence-electron chi connectivity index (χ4n) is 4.89. The molecule has 0 atom stereocenters. The highest BCUT2D eigenvalue weighted by atomic mass is 16.5. The van der Waals surface area contributed by atoms with Crippen molar-refractivity contribution in [3.63, 3.8) is 0 Å². The number of methoxy groups -OCH3 is 1. The van der Waals surface area contributed by atoms with Gasteiger partial charge in [-0.1, -0.05) is 6.07 Å². The van der Waals surface area contributed by atoms with Crippen molar-refractivity contribution >= 4 is 17.0 Å². The molecule has 38 heavy (non-hydrogen) atoms. The zero-order valence-corrected chi connectivity index (χ0v) is 21.3. The zero-order valence-electron chi connectivity index (χ0n) is 21.3. The maximum atomic E-state index is 9.67. The molecule has 0 spiro atoms. The number of hydrogen-bond donors (Lipinski definition) is 2. The van der Waals surface area contributed by atoms with Gasteiger partial charge in [0, 0.05) is 92.9 Å². The molecular formula is C27H28N10O. The Bertz CT molecular complexity index is 1450. The molecule has 0 aliphatic carbocycles. The van der Waals surface area contributed by atoms with E-state index in [4.69, 9.17) is 9.72 Å². The van der Waals surface area contributed by atoms with Crippen LogP contribution in [0.5, 0.6) is 5.88 Å². The van der Waals surface area contributed by atoms with Crippen LogP contribution in [0.2, 0.25) is 0 Å². The molecule has 11 nitrogen and oxygen atoms in total. The Morgan fingerprint density at radius 1 is 1.03 bits per heavy atom. The van der Waals surface area contributed by atoms with Gasteiger partial charge in [0.2, 0.25) is 5.88 Å². The van der Waals surface area contributed by atoms with Crippen LogP contribution in [0.4, 0.5) is 5.82 Å². The van der Waals surface area contributed by atoms with Gasteiger partial charge >= 0.3 is 0 Å². The van der Waals surface area contributed by atoms with Gasteiger partial charge < -0.3 is 9.64 Å². The standard InChI is InChI=1S/C27H28N10O/c1-34-17-22(15-31-34)21-11-23(27-24(12-28)32-33-37(27)18-21)20-4-5-25(29-14-20)36-9-7-35(8-10-36)16-19-3-6-26(38-2)30-13-19/h3-6,11,13-15,17-18,32-33H,7-10,16H2,1-2H3. The lowest BCUT2D eigenvalue weighted by molar-refractivity contribution is 0.249. The van der Waals surface area contributed by atoms with Gasteiger partial charge in [0.15, 0.2) is 5.70 Å². The molecule has 0 unspecified atom stereocenters. The van der Waals surface area contributed by atoms with Crippen LogP contribution >= 0.6 is 0 Å². The van der Waals surface area contributed by atoms with Crippen molar-refractivity contribution in [2.45, 2.75) is 6.54 Å². The summed E-state index contributed by atoms with van der Waals surface area (Å²) in [5.41, 5.74) is 12.3. The fraction of sp³-hybridized carbons (Fsp3) is 0.259.